The molecule has 3 heterocycles. The molecule has 8 nitrogen and oxygen atoms in total. The first-order valence-electron chi connectivity index (χ1n) is 9.01. The molecule has 0 saturated carbocycles. The van der Waals surface area contributed by atoms with Crippen molar-refractivity contribution >= 4 is 23.6 Å². The molecule has 2 aliphatic heterocycles. The van der Waals surface area contributed by atoms with Gasteiger partial charge in [-0.05, 0) is 24.3 Å². The summed E-state index contributed by atoms with van der Waals surface area (Å²) in [5.41, 5.74) is 7.19. The van der Waals surface area contributed by atoms with Crippen LogP contribution >= 0.6 is 0 Å². The Hall–Kier alpha value is -3.68. The monoisotopic (exact) mass is 376 g/mol. The summed E-state index contributed by atoms with van der Waals surface area (Å²) in [6, 6.07) is 14.9. The number of nitrogens with zero attached hydrogens (tertiary/aromatic N) is 5. The molecule has 0 unspecified atom stereocenters. The molecule has 142 valence electrons. The van der Waals surface area contributed by atoms with Crippen LogP contribution in [0.15, 0.2) is 76.6 Å². The zero-order valence-corrected chi connectivity index (χ0v) is 15.2. The first-order chi connectivity index (χ1) is 13.7. The first-order valence-corrected chi connectivity index (χ1v) is 9.01. The molecule has 1 fully saturated rings. The largest absolute Gasteiger partial charge is 0.402 e. The van der Waals surface area contributed by atoms with Gasteiger partial charge in [0.1, 0.15) is 0 Å². The van der Waals surface area contributed by atoms with Gasteiger partial charge in [0.05, 0.1) is 0 Å². The van der Waals surface area contributed by atoms with Crippen molar-refractivity contribution in [3.8, 4) is 0 Å². The minimum absolute atomic E-state index is 0.308. The van der Waals surface area contributed by atoms with E-state index in [9.17, 15) is 4.79 Å². The van der Waals surface area contributed by atoms with Gasteiger partial charge < -0.3 is 20.3 Å². The van der Waals surface area contributed by atoms with Crippen LogP contribution in [0.4, 0.5) is 5.82 Å². The van der Waals surface area contributed by atoms with Crippen molar-refractivity contribution in [2.45, 2.75) is 0 Å². The number of carbonyl (C=O) groups excluding carboxylic acids is 1. The Balaban J connectivity index is 1.39. The Morgan fingerprint density at radius 2 is 1.82 bits per heavy atom. The molecule has 1 saturated heterocycles. The van der Waals surface area contributed by atoms with E-state index in [1.54, 1.807) is 12.4 Å². The van der Waals surface area contributed by atoms with Gasteiger partial charge in [-0.1, -0.05) is 24.3 Å². The molecule has 4 rings (SSSR count). The van der Waals surface area contributed by atoms with E-state index < -0.39 is 5.97 Å². The van der Waals surface area contributed by atoms with Gasteiger partial charge in [-0.3, -0.25) is 0 Å². The van der Waals surface area contributed by atoms with Gasteiger partial charge in [-0.25, -0.2) is 14.8 Å². The predicted octanol–water partition coefficient (Wildman–Crippen LogP) is 1.49. The highest BCUT2D eigenvalue weighted by Crippen LogP contribution is 2.17. The quantitative estimate of drug-likeness (QED) is 0.377. The minimum Gasteiger partial charge on any atom is -0.402 e. The Kier molecular flexibility index (Phi) is 5.01. The fourth-order valence-electron chi connectivity index (χ4n) is 2.96. The Labute approximate surface area is 162 Å². The number of aliphatic imine (C=N–C) groups is 2. The summed E-state index contributed by atoms with van der Waals surface area (Å²) in [7, 11) is 0. The third-order valence-electron chi connectivity index (χ3n) is 4.46. The highest BCUT2D eigenvalue weighted by Gasteiger charge is 2.26. The van der Waals surface area contributed by atoms with Crippen molar-refractivity contribution in [3.63, 3.8) is 0 Å². The van der Waals surface area contributed by atoms with Crippen LogP contribution in [-0.4, -0.2) is 58.8 Å². The highest BCUT2D eigenvalue weighted by atomic mass is 16.6. The maximum Gasteiger partial charge on any atom is 0.365 e. The average molecular weight is 376 g/mol. The van der Waals surface area contributed by atoms with E-state index in [1.807, 2.05) is 58.3 Å². The fraction of sp³-hybridized carbons (Fsp3) is 0.200. The number of hydrogen-bond donors (Lipinski definition) is 1. The number of rotatable bonds is 3. The molecule has 2 aromatic rings. The van der Waals surface area contributed by atoms with E-state index >= 15 is 0 Å². The third kappa shape index (κ3) is 4.01. The Bertz CT molecular complexity index is 932. The lowest BCUT2D eigenvalue weighted by Crippen LogP contribution is -2.49. The van der Waals surface area contributed by atoms with Gasteiger partial charge in [0.25, 0.3) is 0 Å². The Morgan fingerprint density at radius 1 is 1.07 bits per heavy atom. The van der Waals surface area contributed by atoms with Gasteiger partial charge in [0, 0.05) is 44.1 Å². The minimum atomic E-state index is -0.433. The summed E-state index contributed by atoms with van der Waals surface area (Å²) >= 11 is 0. The summed E-state index contributed by atoms with van der Waals surface area (Å²) in [4.78, 5) is 29.0. The molecule has 1 aromatic carbocycles. The van der Waals surface area contributed by atoms with Gasteiger partial charge in [0.15, 0.2) is 17.5 Å². The summed E-state index contributed by atoms with van der Waals surface area (Å²) in [5, 5.41) is 0. The number of nitrogens with two attached hydrogens (primary N) is 1. The molecule has 0 radical (unpaired) electrons. The predicted molar refractivity (Wildman–Crippen MR) is 106 cm³/mol. The summed E-state index contributed by atoms with van der Waals surface area (Å²) in [5.74, 6) is 0.927. The summed E-state index contributed by atoms with van der Waals surface area (Å²) in [6.07, 6.45) is 3.43. The lowest BCUT2D eigenvalue weighted by molar-refractivity contribution is -0.130. The second-order valence-electron chi connectivity index (χ2n) is 6.37. The third-order valence-corrected chi connectivity index (χ3v) is 4.46. The lowest BCUT2D eigenvalue weighted by Gasteiger charge is -2.34. The van der Waals surface area contributed by atoms with Crippen molar-refractivity contribution in [1.82, 2.24) is 14.8 Å². The van der Waals surface area contributed by atoms with Gasteiger partial charge in [0.2, 0.25) is 5.90 Å². The number of piperazine rings is 1. The molecule has 2 aliphatic rings. The van der Waals surface area contributed by atoms with E-state index in [4.69, 9.17) is 10.5 Å². The van der Waals surface area contributed by atoms with Crippen LogP contribution in [0.25, 0.3) is 0 Å². The van der Waals surface area contributed by atoms with Gasteiger partial charge >= 0.3 is 5.97 Å². The number of pyridine rings is 1. The van der Waals surface area contributed by atoms with Crippen molar-refractivity contribution in [2.75, 3.05) is 26.2 Å². The van der Waals surface area contributed by atoms with Crippen LogP contribution < -0.4 is 5.73 Å². The van der Waals surface area contributed by atoms with Crippen LogP contribution in [-0.2, 0) is 9.53 Å². The molecule has 8 heteroatoms. The normalized spacial score (nSPS) is 19.0. The maximum absolute atomic E-state index is 12.1. The van der Waals surface area contributed by atoms with Gasteiger partial charge in [-0.15, -0.1) is 0 Å². The van der Waals surface area contributed by atoms with Crippen molar-refractivity contribution in [1.29, 1.82) is 0 Å². The van der Waals surface area contributed by atoms with E-state index in [1.165, 1.54) is 0 Å². The second kappa shape index (κ2) is 7.91. The van der Waals surface area contributed by atoms with Crippen molar-refractivity contribution < 1.29 is 9.53 Å². The van der Waals surface area contributed by atoms with Crippen molar-refractivity contribution in [3.05, 3.63) is 72.2 Å². The maximum atomic E-state index is 12.1. The fourth-order valence-corrected chi connectivity index (χ4v) is 2.96. The summed E-state index contributed by atoms with van der Waals surface area (Å²) in [6.45, 7) is 2.78. The molecule has 1 aromatic heterocycles. The molecule has 0 atom stereocenters. The lowest BCUT2D eigenvalue weighted by atomic mass is 10.2. The smallest absolute Gasteiger partial charge is 0.365 e. The van der Waals surface area contributed by atoms with Crippen LogP contribution in [0, 0.1) is 0 Å². The number of ether oxygens (including phenoxy) is 1. The molecule has 2 N–H and O–H groups in total. The van der Waals surface area contributed by atoms with E-state index in [-0.39, 0.29) is 0 Å². The number of esters is 1. The van der Waals surface area contributed by atoms with Crippen LogP contribution in [0.1, 0.15) is 5.56 Å². The first kappa shape index (κ1) is 17.7. The topological polar surface area (TPSA) is 96.4 Å². The molecule has 28 heavy (non-hydrogen) atoms. The van der Waals surface area contributed by atoms with Crippen molar-refractivity contribution in [2.24, 2.45) is 15.7 Å². The molecule has 0 spiro atoms. The average Bonchev–Trinajstić information content (AvgIpc) is 3.10. The summed E-state index contributed by atoms with van der Waals surface area (Å²) < 4.78 is 5.29. The zero-order valence-electron chi connectivity index (χ0n) is 15.2. The number of guanidine groups is 1. The standard InChI is InChI=1S/C20H20N6O2/c21-20(24-17-8-4-5-9-22-17)26-12-10-25(11-13-26)14-16-19(27)28-18(23-16)15-6-2-1-3-7-15/h1-9,14H,10-13H2,(H2,21,22,24). The number of cyclic esters (lactones) is 1. The van der Waals surface area contributed by atoms with E-state index in [2.05, 4.69) is 15.0 Å². The van der Waals surface area contributed by atoms with Crippen LogP contribution in [0.2, 0.25) is 0 Å². The molecular weight excluding hydrogens is 356 g/mol. The van der Waals surface area contributed by atoms with E-state index in [0.717, 1.165) is 5.56 Å². The second-order valence-corrected chi connectivity index (χ2v) is 6.37. The van der Waals surface area contributed by atoms with E-state index in [0.29, 0.717) is 49.6 Å². The molecular formula is C20H20N6O2. The van der Waals surface area contributed by atoms with Crippen LogP contribution in [0.5, 0.6) is 0 Å². The van der Waals surface area contributed by atoms with Gasteiger partial charge in [-0.2, -0.15) is 4.99 Å². The highest BCUT2D eigenvalue weighted by molar-refractivity contribution is 6.11. The number of aromatic nitrogens is 1. The molecule has 0 bridgehead atoms. The molecule has 0 aliphatic carbocycles. The van der Waals surface area contributed by atoms with Crippen LogP contribution in [0.3, 0.4) is 0 Å². The zero-order chi connectivity index (χ0) is 19.3. The SMILES string of the molecule is N/C(=N\c1ccccn1)N1CCN(C=C2N=C(c3ccccc3)OC2=O)CC1. The number of hydrogen-bond acceptors (Lipinski definition) is 6. The number of carbonyl (C=O) groups is 1. The number of benzene rings is 1. The Morgan fingerprint density at radius 3 is 2.54 bits per heavy atom. The molecule has 0 amide bonds.